The van der Waals surface area contributed by atoms with Crippen molar-refractivity contribution in [1.82, 2.24) is 5.32 Å². The second-order valence-corrected chi connectivity index (χ2v) is 8.74. The van der Waals surface area contributed by atoms with Gasteiger partial charge < -0.3 is 19.9 Å². The summed E-state index contributed by atoms with van der Waals surface area (Å²) in [7, 11) is 0. The Morgan fingerprint density at radius 1 is 1.05 bits per heavy atom. The molecule has 0 heterocycles. The number of nitrogens with zero attached hydrogens (tertiary/aromatic N) is 1. The van der Waals surface area contributed by atoms with Crippen molar-refractivity contribution >= 4 is 18.0 Å². The first kappa shape index (κ1) is 28.7. The molecule has 0 aliphatic heterocycles. The van der Waals surface area contributed by atoms with Gasteiger partial charge in [0.2, 0.25) is 0 Å². The van der Waals surface area contributed by atoms with E-state index in [0.717, 1.165) is 24.0 Å². The van der Waals surface area contributed by atoms with Gasteiger partial charge >= 0.3 is 5.97 Å². The van der Waals surface area contributed by atoms with Crippen LogP contribution in [0.3, 0.4) is 0 Å². The molecule has 0 fully saturated rings. The lowest BCUT2D eigenvalue weighted by atomic mass is 10.0. The number of carbonyl (C=O) groups excluding carboxylic acids is 1. The van der Waals surface area contributed by atoms with Crippen molar-refractivity contribution < 1.29 is 24.2 Å². The van der Waals surface area contributed by atoms with Crippen LogP contribution < -0.4 is 14.8 Å². The summed E-state index contributed by atoms with van der Waals surface area (Å²) < 4.78 is 12.0. The number of aryl methyl sites for hydroxylation is 1. The second kappa shape index (κ2) is 14.8. The van der Waals surface area contributed by atoms with Gasteiger partial charge in [-0.3, -0.25) is 4.79 Å². The fraction of sp³-hybridized carbons (Fsp3) is 0.219. The number of carbonyl (C=O) groups is 2. The molecule has 0 aliphatic rings. The third kappa shape index (κ3) is 8.61. The van der Waals surface area contributed by atoms with Crippen LogP contribution in [0.4, 0.5) is 0 Å². The average Bonchev–Trinajstić information content (AvgIpc) is 2.94. The number of aromatic carboxylic acids is 1. The molecule has 0 spiro atoms. The summed E-state index contributed by atoms with van der Waals surface area (Å²) in [6, 6.07) is 22.0. The van der Waals surface area contributed by atoms with Crippen LogP contribution in [0.5, 0.6) is 11.5 Å². The van der Waals surface area contributed by atoms with E-state index in [0.29, 0.717) is 36.6 Å². The predicted octanol–water partition coefficient (Wildman–Crippen LogP) is 5.75. The molecule has 0 radical (unpaired) electrons. The summed E-state index contributed by atoms with van der Waals surface area (Å²) in [6.07, 6.45) is 5.34. The van der Waals surface area contributed by atoms with E-state index >= 15 is 0 Å². The number of carboxylic acid groups (broad SMARTS) is 1. The van der Waals surface area contributed by atoms with E-state index in [1.807, 2.05) is 49.4 Å². The van der Waals surface area contributed by atoms with Gasteiger partial charge in [0.1, 0.15) is 18.2 Å². The van der Waals surface area contributed by atoms with Gasteiger partial charge in [-0.25, -0.2) is 4.79 Å². The molecule has 1 amide bonds. The summed E-state index contributed by atoms with van der Waals surface area (Å²) in [5.74, 6) is -0.416. The number of carboxylic acids is 1. The molecule has 39 heavy (non-hydrogen) atoms. The molecule has 0 bridgehead atoms. The van der Waals surface area contributed by atoms with Crippen molar-refractivity contribution in [1.29, 1.82) is 5.26 Å². The Morgan fingerprint density at radius 2 is 1.79 bits per heavy atom. The third-order valence-electron chi connectivity index (χ3n) is 5.85. The van der Waals surface area contributed by atoms with Crippen molar-refractivity contribution in [3.8, 4) is 17.6 Å². The van der Waals surface area contributed by atoms with E-state index < -0.39 is 11.9 Å². The van der Waals surface area contributed by atoms with Gasteiger partial charge in [-0.2, -0.15) is 5.26 Å². The molecule has 0 aromatic heterocycles. The molecule has 0 unspecified atom stereocenters. The number of allylic oxidation sites excluding steroid dienone is 1. The lowest BCUT2D eigenvalue weighted by Gasteiger charge is -2.17. The molecule has 3 aromatic rings. The minimum absolute atomic E-state index is 0.00565. The van der Waals surface area contributed by atoms with Crippen LogP contribution in [-0.4, -0.2) is 30.1 Å². The molecule has 0 saturated heterocycles. The first-order valence-corrected chi connectivity index (χ1v) is 12.7. The molecular formula is C32H32N2O5. The van der Waals surface area contributed by atoms with E-state index in [1.165, 1.54) is 23.8 Å². The number of amides is 1. The monoisotopic (exact) mass is 524 g/mol. The molecule has 7 nitrogen and oxygen atoms in total. The van der Waals surface area contributed by atoms with Crippen LogP contribution in [0.1, 0.15) is 46.0 Å². The normalized spacial score (nSPS) is 10.8. The zero-order valence-electron chi connectivity index (χ0n) is 22.0. The number of benzene rings is 3. The molecule has 200 valence electrons. The minimum atomic E-state index is -0.990. The van der Waals surface area contributed by atoms with Crippen molar-refractivity contribution in [2.45, 2.75) is 32.8 Å². The third-order valence-corrected chi connectivity index (χ3v) is 5.85. The van der Waals surface area contributed by atoms with Gasteiger partial charge in [-0.1, -0.05) is 48.5 Å². The van der Waals surface area contributed by atoms with Crippen LogP contribution in [0.25, 0.3) is 6.08 Å². The molecule has 2 N–H and O–H groups in total. The number of nitriles is 1. The van der Waals surface area contributed by atoms with Gasteiger partial charge in [-0.15, -0.1) is 6.58 Å². The quantitative estimate of drug-likeness (QED) is 0.120. The molecule has 0 saturated carbocycles. The lowest BCUT2D eigenvalue weighted by molar-refractivity contribution is -0.117. The Hall–Kier alpha value is -4.83. The van der Waals surface area contributed by atoms with Gasteiger partial charge in [0.25, 0.3) is 5.91 Å². The minimum Gasteiger partial charge on any atom is -0.490 e. The van der Waals surface area contributed by atoms with E-state index in [2.05, 4.69) is 11.9 Å². The van der Waals surface area contributed by atoms with Crippen LogP contribution in [0.2, 0.25) is 0 Å². The van der Waals surface area contributed by atoms with Crippen LogP contribution in [0, 0.1) is 11.3 Å². The standard InChI is InChI=1S/C32H32N2O5/c1-3-9-27-18-25(19-28(21-33)31(35)34-17-8-12-23-10-6-5-7-11-23)20-29(38-4-2)30(27)39-22-24-13-15-26(16-14-24)32(36)37/h3,5-7,10-11,13-16,18-20H,1,4,8-9,12,17,22H2,2H3,(H,34,35)(H,36,37)/b28-19-. The summed E-state index contributed by atoms with van der Waals surface area (Å²) in [5, 5.41) is 21.6. The molecular weight excluding hydrogens is 492 g/mol. The summed E-state index contributed by atoms with van der Waals surface area (Å²) in [5.41, 5.74) is 3.60. The number of hydrogen-bond acceptors (Lipinski definition) is 5. The van der Waals surface area contributed by atoms with E-state index in [4.69, 9.17) is 14.6 Å². The van der Waals surface area contributed by atoms with Gasteiger partial charge in [0.15, 0.2) is 11.5 Å². The van der Waals surface area contributed by atoms with Gasteiger partial charge in [-0.05, 0) is 73.2 Å². The highest BCUT2D eigenvalue weighted by atomic mass is 16.5. The van der Waals surface area contributed by atoms with Crippen molar-refractivity contribution in [2.24, 2.45) is 0 Å². The van der Waals surface area contributed by atoms with Crippen molar-refractivity contribution in [2.75, 3.05) is 13.2 Å². The first-order chi connectivity index (χ1) is 18.9. The predicted molar refractivity (Wildman–Crippen MR) is 151 cm³/mol. The fourth-order valence-corrected chi connectivity index (χ4v) is 3.95. The maximum Gasteiger partial charge on any atom is 0.335 e. The van der Waals surface area contributed by atoms with E-state index in [1.54, 1.807) is 24.3 Å². The highest BCUT2D eigenvalue weighted by Crippen LogP contribution is 2.35. The largest absolute Gasteiger partial charge is 0.490 e. The van der Waals surface area contributed by atoms with Gasteiger partial charge in [0, 0.05) is 12.1 Å². The van der Waals surface area contributed by atoms with Crippen molar-refractivity contribution in [3.05, 3.63) is 113 Å². The topological polar surface area (TPSA) is 109 Å². The Kier molecular flexibility index (Phi) is 10.9. The lowest BCUT2D eigenvalue weighted by Crippen LogP contribution is -2.25. The highest BCUT2D eigenvalue weighted by molar-refractivity contribution is 6.01. The Morgan fingerprint density at radius 3 is 2.44 bits per heavy atom. The number of nitrogens with one attached hydrogen (secondary N) is 1. The van der Waals surface area contributed by atoms with Crippen LogP contribution in [0.15, 0.2) is 85.0 Å². The Bertz CT molecular complexity index is 1360. The first-order valence-electron chi connectivity index (χ1n) is 12.7. The molecule has 0 aliphatic carbocycles. The number of hydrogen-bond donors (Lipinski definition) is 2. The summed E-state index contributed by atoms with van der Waals surface area (Å²) in [4.78, 5) is 23.8. The SMILES string of the molecule is C=CCc1cc(/C=C(/C#N)C(=O)NCCCc2ccccc2)cc(OCC)c1OCc1ccc(C(=O)O)cc1. The maximum absolute atomic E-state index is 12.7. The molecule has 3 rings (SSSR count). The Balaban J connectivity index is 1.76. The van der Waals surface area contributed by atoms with Crippen molar-refractivity contribution in [3.63, 3.8) is 0 Å². The zero-order chi connectivity index (χ0) is 28.0. The number of ether oxygens (including phenoxy) is 2. The molecule has 3 aromatic carbocycles. The Labute approximate surface area is 229 Å². The zero-order valence-corrected chi connectivity index (χ0v) is 22.0. The average molecular weight is 525 g/mol. The second-order valence-electron chi connectivity index (χ2n) is 8.74. The van der Waals surface area contributed by atoms with Crippen LogP contribution in [-0.2, 0) is 24.2 Å². The van der Waals surface area contributed by atoms with Gasteiger partial charge in [0.05, 0.1) is 12.2 Å². The summed E-state index contributed by atoms with van der Waals surface area (Å²) in [6.45, 7) is 6.73. The smallest absolute Gasteiger partial charge is 0.335 e. The molecule has 0 atom stereocenters. The fourth-order valence-electron chi connectivity index (χ4n) is 3.95. The highest BCUT2D eigenvalue weighted by Gasteiger charge is 2.15. The van der Waals surface area contributed by atoms with Crippen LogP contribution >= 0.6 is 0 Å². The molecule has 7 heteroatoms. The number of rotatable bonds is 14. The maximum atomic E-state index is 12.7. The van der Waals surface area contributed by atoms with E-state index in [-0.39, 0.29) is 17.7 Å². The van der Waals surface area contributed by atoms with E-state index in [9.17, 15) is 14.9 Å². The summed E-state index contributed by atoms with van der Waals surface area (Å²) >= 11 is 0.